The number of hydrogen-bond acceptors (Lipinski definition) is 8. The molecule has 1 aliphatic heterocycles. The Labute approximate surface area is 170 Å². The molecule has 4 rings (SSSR count). The van der Waals surface area contributed by atoms with Gasteiger partial charge in [0.2, 0.25) is 5.95 Å². The summed E-state index contributed by atoms with van der Waals surface area (Å²) in [6.45, 7) is 2.96. The monoisotopic (exact) mass is 400 g/mol. The SMILES string of the molecule is CN[C@@H]1CCN(c2cc(N)nc(NCC3CC3)n2)C1.O=C(O)c1ccccc1O. The van der Waals surface area contributed by atoms with E-state index in [4.69, 9.17) is 15.9 Å². The van der Waals surface area contributed by atoms with E-state index in [0.29, 0.717) is 17.8 Å². The highest BCUT2D eigenvalue weighted by Crippen LogP contribution is 2.29. The van der Waals surface area contributed by atoms with Crippen molar-refractivity contribution in [3.05, 3.63) is 35.9 Å². The van der Waals surface area contributed by atoms with Crippen LogP contribution in [0.15, 0.2) is 30.3 Å². The zero-order valence-electron chi connectivity index (χ0n) is 16.5. The predicted octanol–water partition coefficient (Wildman–Crippen LogP) is 1.77. The van der Waals surface area contributed by atoms with Crippen molar-refractivity contribution in [2.75, 3.05) is 42.6 Å². The Morgan fingerprint density at radius 3 is 2.62 bits per heavy atom. The van der Waals surface area contributed by atoms with Crippen LogP contribution < -0.4 is 21.3 Å². The molecule has 2 fully saturated rings. The zero-order chi connectivity index (χ0) is 20.8. The Morgan fingerprint density at radius 2 is 2.03 bits per heavy atom. The average molecular weight is 400 g/mol. The van der Waals surface area contributed by atoms with Crippen molar-refractivity contribution >= 4 is 23.6 Å². The fraction of sp³-hybridized carbons (Fsp3) is 0.450. The van der Waals surface area contributed by atoms with Crippen LogP contribution in [0.3, 0.4) is 0 Å². The van der Waals surface area contributed by atoms with Crippen molar-refractivity contribution in [2.45, 2.75) is 25.3 Å². The number of aromatic nitrogens is 2. The first-order chi connectivity index (χ1) is 14.0. The van der Waals surface area contributed by atoms with E-state index in [0.717, 1.165) is 37.8 Å². The third-order valence-electron chi connectivity index (χ3n) is 5.03. The molecule has 0 unspecified atom stereocenters. The van der Waals surface area contributed by atoms with Gasteiger partial charge in [-0.15, -0.1) is 0 Å². The minimum atomic E-state index is -1.11. The molecule has 156 valence electrons. The molecule has 0 amide bonds. The number of nitrogen functional groups attached to an aromatic ring is 1. The Balaban J connectivity index is 0.000000204. The molecule has 0 radical (unpaired) electrons. The third kappa shape index (κ3) is 5.95. The van der Waals surface area contributed by atoms with Crippen LogP contribution in [0, 0.1) is 5.92 Å². The second-order valence-electron chi connectivity index (χ2n) is 7.34. The Bertz CT molecular complexity index is 843. The Kier molecular flexibility index (Phi) is 6.71. The minimum Gasteiger partial charge on any atom is -0.507 e. The van der Waals surface area contributed by atoms with Crippen LogP contribution in [-0.2, 0) is 0 Å². The molecule has 1 aliphatic carbocycles. The summed E-state index contributed by atoms with van der Waals surface area (Å²) < 4.78 is 0. The number of anilines is 3. The molecule has 1 saturated carbocycles. The van der Waals surface area contributed by atoms with E-state index in [1.807, 2.05) is 13.1 Å². The number of carboxylic acid groups (broad SMARTS) is 1. The number of nitrogens with two attached hydrogens (primary N) is 1. The summed E-state index contributed by atoms with van der Waals surface area (Å²) >= 11 is 0. The molecule has 1 atom stereocenters. The molecular formula is C20H28N6O3. The van der Waals surface area contributed by atoms with Crippen LogP contribution >= 0.6 is 0 Å². The smallest absolute Gasteiger partial charge is 0.339 e. The lowest BCUT2D eigenvalue weighted by atomic mass is 10.2. The Hall–Kier alpha value is -3.07. The van der Waals surface area contributed by atoms with Crippen LogP contribution in [0.2, 0.25) is 0 Å². The summed E-state index contributed by atoms with van der Waals surface area (Å²) in [5.41, 5.74) is 5.82. The molecule has 1 aromatic carbocycles. The summed E-state index contributed by atoms with van der Waals surface area (Å²) in [6, 6.07) is 8.21. The number of nitrogens with one attached hydrogen (secondary N) is 2. The zero-order valence-corrected chi connectivity index (χ0v) is 16.5. The second kappa shape index (κ2) is 9.42. The van der Waals surface area contributed by atoms with Gasteiger partial charge in [-0.2, -0.15) is 9.97 Å². The lowest BCUT2D eigenvalue weighted by Crippen LogP contribution is -2.30. The third-order valence-corrected chi connectivity index (χ3v) is 5.03. The number of aromatic carboxylic acids is 1. The quantitative estimate of drug-likeness (QED) is 0.491. The first-order valence-corrected chi connectivity index (χ1v) is 9.78. The molecule has 0 bridgehead atoms. The molecule has 1 saturated heterocycles. The lowest BCUT2D eigenvalue weighted by molar-refractivity contribution is 0.0693. The number of likely N-dealkylation sites (N-methyl/N-ethyl adjacent to an activating group) is 1. The van der Waals surface area contributed by atoms with Gasteiger partial charge in [-0.25, -0.2) is 4.79 Å². The number of hydrogen-bond donors (Lipinski definition) is 5. The van der Waals surface area contributed by atoms with Crippen molar-refractivity contribution in [3.63, 3.8) is 0 Å². The number of rotatable bonds is 6. The fourth-order valence-electron chi connectivity index (χ4n) is 3.11. The Morgan fingerprint density at radius 1 is 1.28 bits per heavy atom. The van der Waals surface area contributed by atoms with Gasteiger partial charge in [0.15, 0.2) is 0 Å². The molecule has 1 aromatic heterocycles. The number of nitrogens with zero attached hydrogens (tertiary/aromatic N) is 3. The molecule has 2 aliphatic rings. The minimum absolute atomic E-state index is 0.0671. The summed E-state index contributed by atoms with van der Waals surface area (Å²) in [4.78, 5) is 21.4. The molecule has 9 heteroatoms. The lowest BCUT2D eigenvalue weighted by Gasteiger charge is -2.18. The molecular weight excluding hydrogens is 372 g/mol. The van der Waals surface area contributed by atoms with Crippen molar-refractivity contribution in [1.82, 2.24) is 15.3 Å². The molecule has 2 heterocycles. The molecule has 6 N–H and O–H groups in total. The van der Waals surface area contributed by atoms with Gasteiger partial charge in [-0.3, -0.25) is 0 Å². The van der Waals surface area contributed by atoms with Gasteiger partial charge in [-0.1, -0.05) is 12.1 Å². The van der Waals surface area contributed by atoms with Gasteiger partial charge in [0.1, 0.15) is 22.9 Å². The maximum Gasteiger partial charge on any atom is 0.339 e. The van der Waals surface area contributed by atoms with Crippen LogP contribution in [0.5, 0.6) is 5.75 Å². The van der Waals surface area contributed by atoms with Gasteiger partial charge in [0, 0.05) is 31.7 Å². The number of phenols is 1. The van der Waals surface area contributed by atoms with Crippen LogP contribution in [0.25, 0.3) is 0 Å². The first kappa shape index (κ1) is 20.7. The van der Waals surface area contributed by atoms with Crippen LogP contribution in [-0.4, -0.2) is 58.9 Å². The maximum atomic E-state index is 10.3. The van der Waals surface area contributed by atoms with E-state index in [9.17, 15) is 4.79 Å². The first-order valence-electron chi connectivity index (χ1n) is 9.78. The molecule has 0 spiro atoms. The number of para-hydroxylation sites is 1. The van der Waals surface area contributed by atoms with Crippen molar-refractivity contribution < 1.29 is 15.0 Å². The topological polar surface area (TPSA) is 137 Å². The van der Waals surface area contributed by atoms with Crippen molar-refractivity contribution in [1.29, 1.82) is 0 Å². The standard InChI is InChI=1S/C13H22N6.C7H6O3/c1-15-10-4-5-19(8-10)12-6-11(14)17-13(18-12)16-7-9-2-3-9;8-6-4-2-1-3-5(6)7(9)10/h6,9-10,15H,2-5,7-8H2,1H3,(H3,14,16,17,18);1-4,8H,(H,9,10)/t10-;/m1./s1. The van der Waals surface area contributed by atoms with Gasteiger partial charge in [0.05, 0.1) is 0 Å². The number of carboxylic acids is 1. The normalized spacial score (nSPS) is 18.1. The van der Waals surface area contributed by atoms with Gasteiger partial charge >= 0.3 is 5.97 Å². The highest BCUT2D eigenvalue weighted by atomic mass is 16.4. The van der Waals surface area contributed by atoms with E-state index in [1.165, 1.54) is 25.0 Å². The van der Waals surface area contributed by atoms with Crippen LogP contribution in [0.4, 0.5) is 17.6 Å². The van der Waals surface area contributed by atoms with Gasteiger partial charge in [0.25, 0.3) is 0 Å². The number of carbonyl (C=O) groups is 1. The highest BCUT2D eigenvalue weighted by molar-refractivity contribution is 5.90. The van der Waals surface area contributed by atoms with E-state index < -0.39 is 5.97 Å². The van der Waals surface area contributed by atoms with E-state index in [-0.39, 0.29) is 11.3 Å². The van der Waals surface area contributed by atoms with E-state index >= 15 is 0 Å². The molecule has 9 nitrogen and oxygen atoms in total. The number of benzene rings is 1. The summed E-state index contributed by atoms with van der Waals surface area (Å²) in [7, 11) is 2.01. The maximum absolute atomic E-state index is 10.3. The fourth-order valence-corrected chi connectivity index (χ4v) is 3.11. The van der Waals surface area contributed by atoms with Gasteiger partial charge in [-0.05, 0) is 44.4 Å². The number of aromatic hydroxyl groups is 1. The van der Waals surface area contributed by atoms with E-state index in [2.05, 4.69) is 25.5 Å². The summed E-state index contributed by atoms with van der Waals surface area (Å²) in [6.07, 6.45) is 3.78. The van der Waals surface area contributed by atoms with Gasteiger partial charge < -0.3 is 31.5 Å². The molecule has 29 heavy (non-hydrogen) atoms. The average Bonchev–Trinajstić information content (AvgIpc) is 3.41. The summed E-state index contributed by atoms with van der Waals surface area (Å²) in [5.74, 6) is 1.62. The predicted molar refractivity (Wildman–Crippen MR) is 112 cm³/mol. The largest absolute Gasteiger partial charge is 0.507 e. The van der Waals surface area contributed by atoms with Crippen molar-refractivity contribution in [2.24, 2.45) is 5.92 Å². The highest BCUT2D eigenvalue weighted by Gasteiger charge is 2.24. The van der Waals surface area contributed by atoms with Crippen molar-refractivity contribution in [3.8, 4) is 5.75 Å². The van der Waals surface area contributed by atoms with E-state index in [1.54, 1.807) is 12.1 Å². The van der Waals surface area contributed by atoms with Crippen LogP contribution in [0.1, 0.15) is 29.6 Å². The summed E-state index contributed by atoms with van der Waals surface area (Å²) in [5, 5.41) is 23.9. The molecule has 2 aromatic rings. The second-order valence-corrected chi connectivity index (χ2v) is 7.34.